The predicted molar refractivity (Wildman–Crippen MR) is 72.3 cm³/mol. The van der Waals surface area contributed by atoms with Crippen molar-refractivity contribution in [1.82, 2.24) is 19.9 Å². The highest BCUT2D eigenvalue weighted by Gasteiger charge is 2.22. The van der Waals surface area contributed by atoms with Crippen molar-refractivity contribution in [1.29, 1.82) is 0 Å². The summed E-state index contributed by atoms with van der Waals surface area (Å²) in [7, 11) is 0. The minimum absolute atomic E-state index is 0.184. The Bertz CT molecular complexity index is 616. The van der Waals surface area contributed by atoms with Gasteiger partial charge in [-0.3, -0.25) is 4.79 Å². The summed E-state index contributed by atoms with van der Waals surface area (Å²) in [4.78, 5) is 14.8. The summed E-state index contributed by atoms with van der Waals surface area (Å²) < 4.78 is 1.46. The molecule has 2 atom stereocenters. The number of carbonyl (C=O) groups excluding carboxylic acids is 1. The van der Waals surface area contributed by atoms with E-state index in [0.717, 1.165) is 0 Å². The van der Waals surface area contributed by atoms with Gasteiger partial charge in [-0.05, 0) is 12.5 Å². The van der Waals surface area contributed by atoms with Crippen LogP contribution in [0.25, 0.3) is 5.65 Å². The van der Waals surface area contributed by atoms with Gasteiger partial charge in [-0.25, -0.2) is 9.50 Å². The molecule has 2 aromatic rings. The molecule has 1 amide bonds. The summed E-state index contributed by atoms with van der Waals surface area (Å²) in [5.41, 5.74) is 0.784. The lowest BCUT2D eigenvalue weighted by molar-refractivity contribution is -0.119. The molecule has 2 rings (SSSR count). The quantitative estimate of drug-likeness (QED) is 0.690. The maximum atomic E-state index is 10.7. The number of hydrogen-bond donors (Lipinski definition) is 3. The highest BCUT2D eigenvalue weighted by atomic mass is 35.5. The van der Waals surface area contributed by atoms with Gasteiger partial charge in [0.05, 0.1) is 12.3 Å². The molecule has 0 aliphatic rings. The second-order valence-electron chi connectivity index (χ2n) is 4.40. The lowest BCUT2D eigenvalue weighted by Crippen LogP contribution is -2.27. The molecular weight excluding hydrogens is 284 g/mol. The Labute approximate surface area is 120 Å². The Morgan fingerprint density at radius 1 is 1.55 bits per heavy atom. The minimum Gasteiger partial charge on any atom is -0.390 e. The maximum absolute atomic E-state index is 10.7. The Morgan fingerprint density at radius 3 is 3.00 bits per heavy atom. The fourth-order valence-electron chi connectivity index (χ4n) is 1.83. The van der Waals surface area contributed by atoms with Crippen LogP contribution in [-0.4, -0.2) is 43.4 Å². The van der Waals surface area contributed by atoms with Gasteiger partial charge in [0.25, 0.3) is 0 Å². The van der Waals surface area contributed by atoms with Crippen molar-refractivity contribution in [2.45, 2.75) is 25.6 Å². The van der Waals surface area contributed by atoms with Crippen LogP contribution in [0.2, 0.25) is 5.15 Å². The first-order valence-corrected chi connectivity index (χ1v) is 6.47. The first-order chi connectivity index (χ1) is 9.49. The van der Waals surface area contributed by atoms with Gasteiger partial charge in [-0.2, -0.15) is 5.10 Å². The number of aliphatic hydroxyl groups excluding tert-OH is 2. The first-order valence-electron chi connectivity index (χ1n) is 6.09. The van der Waals surface area contributed by atoms with Gasteiger partial charge >= 0.3 is 0 Å². The zero-order valence-corrected chi connectivity index (χ0v) is 11.6. The predicted octanol–water partition coefficient (Wildman–Crippen LogP) is 0.303. The largest absolute Gasteiger partial charge is 0.390 e. The Morgan fingerprint density at radius 2 is 2.30 bits per heavy atom. The molecule has 20 heavy (non-hydrogen) atoms. The van der Waals surface area contributed by atoms with E-state index >= 15 is 0 Å². The zero-order chi connectivity index (χ0) is 14.7. The number of amides is 1. The van der Waals surface area contributed by atoms with Crippen molar-refractivity contribution in [3.8, 4) is 0 Å². The third-order valence-electron chi connectivity index (χ3n) is 2.86. The third-order valence-corrected chi connectivity index (χ3v) is 3.07. The van der Waals surface area contributed by atoms with Gasteiger partial charge in [0, 0.05) is 25.2 Å². The molecule has 0 radical (unpaired) electrons. The van der Waals surface area contributed by atoms with Gasteiger partial charge in [0.15, 0.2) is 5.65 Å². The molecule has 0 saturated heterocycles. The van der Waals surface area contributed by atoms with Gasteiger partial charge < -0.3 is 15.5 Å². The third kappa shape index (κ3) is 3.24. The molecular formula is C12H15ClN4O3. The summed E-state index contributed by atoms with van der Waals surface area (Å²) in [5.74, 6) is -0.184. The van der Waals surface area contributed by atoms with Gasteiger partial charge in [-0.15, -0.1) is 0 Å². The molecule has 0 aromatic carbocycles. The van der Waals surface area contributed by atoms with Crippen molar-refractivity contribution in [2.24, 2.45) is 0 Å². The molecule has 3 N–H and O–H groups in total. The zero-order valence-electron chi connectivity index (χ0n) is 10.8. The molecule has 2 unspecified atom stereocenters. The summed E-state index contributed by atoms with van der Waals surface area (Å²) >= 11 is 5.81. The molecule has 2 aromatic heterocycles. The van der Waals surface area contributed by atoms with E-state index < -0.39 is 12.2 Å². The summed E-state index contributed by atoms with van der Waals surface area (Å²) in [6.45, 7) is 1.67. The topological polar surface area (TPSA) is 99.8 Å². The molecule has 7 nitrogen and oxygen atoms in total. The van der Waals surface area contributed by atoms with Crippen LogP contribution >= 0.6 is 11.6 Å². The number of aliphatic hydroxyl groups is 2. The molecule has 0 spiro atoms. The number of aromatic nitrogens is 3. The molecule has 0 aliphatic carbocycles. The van der Waals surface area contributed by atoms with Crippen LogP contribution in [-0.2, 0) is 4.79 Å². The summed E-state index contributed by atoms with van der Waals surface area (Å²) in [5, 5.41) is 26.9. The number of nitrogens with one attached hydrogen (secondary N) is 1. The van der Waals surface area contributed by atoms with Crippen LogP contribution in [0.5, 0.6) is 0 Å². The van der Waals surface area contributed by atoms with Crippen LogP contribution in [0, 0.1) is 0 Å². The van der Waals surface area contributed by atoms with E-state index in [2.05, 4.69) is 15.4 Å². The number of carbonyl (C=O) groups is 1. The van der Waals surface area contributed by atoms with E-state index in [0.29, 0.717) is 11.2 Å². The summed E-state index contributed by atoms with van der Waals surface area (Å²) in [6, 6.07) is 1.57. The molecule has 0 saturated carbocycles. The van der Waals surface area contributed by atoms with E-state index in [1.54, 1.807) is 12.3 Å². The SMILES string of the molecule is CC(=O)NCCC(O)C(O)c1cnn2ccc(Cl)nc12. The van der Waals surface area contributed by atoms with Crippen molar-refractivity contribution in [2.75, 3.05) is 6.54 Å². The molecule has 108 valence electrons. The number of nitrogens with zero attached hydrogens (tertiary/aromatic N) is 3. The van der Waals surface area contributed by atoms with Gasteiger partial charge in [0.1, 0.15) is 11.3 Å². The van der Waals surface area contributed by atoms with Crippen LogP contribution in [0.4, 0.5) is 0 Å². The normalized spacial score (nSPS) is 14.2. The van der Waals surface area contributed by atoms with Crippen molar-refractivity contribution >= 4 is 23.2 Å². The van der Waals surface area contributed by atoms with Crippen LogP contribution in [0.3, 0.4) is 0 Å². The smallest absolute Gasteiger partial charge is 0.216 e. The lowest BCUT2D eigenvalue weighted by atomic mass is 10.1. The van der Waals surface area contributed by atoms with Crippen molar-refractivity contribution in [3.05, 3.63) is 29.2 Å². The Hall–Kier alpha value is -1.70. The average molecular weight is 299 g/mol. The van der Waals surface area contributed by atoms with Crippen LogP contribution < -0.4 is 5.32 Å². The summed E-state index contributed by atoms with van der Waals surface area (Å²) in [6.07, 6.45) is 1.09. The van der Waals surface area contributed by atoms with Gasteiger partial charge in [-0.1, -0.05) is 11.6 Å². The second-order valence-corrected chi connectivity index (χ2v) is 4.79. The number of hydrogen-bond acceptors (Lipinski definition) is 5. The Kier molecular flexibility index (Phi) is 4.53. The number of fused-ring (bicyclic) bond motifs is 1. The second kappa shape index (κ2) is 6.17. The lowest BCUT2D eigenvalue weighted by Gasteiger charge is -2.16. The van der Waals surface area contributed by atoms with Crippen LogP contribution in [0.1, 0.15) is 25.0 Å². The van der Waals surface area contributed by atoms with E-state index in [9.17, 15) is 15.0 Å². The monoisotopic (exact) mass is 298 g/mol. The average Bonchev–Trinajstić information content (AvgIpc) is 2.80. The van der Waals surface area contributed by atoms with Crippen molar-refractivity contribution in [3.63, 3.8) is 0 Å². The number of halogens is 1. The van der Waals surface area contributed by atoms with E-state index in [1.807, 2.05) is 0 Å². The molecule has 2 heterocycles. The van der Waals surface area contributed by atoms with Crippen LogP contribution in [0.15, 0.2) is 18.5 Å². The highest BCUT2D eigenvalue weighted by molar-refractivity contribution is 6.29. The molecule has 0 fully saturated rings. The minimum atomic E-state index is -1.15. The first kappa shape index (κ1) is 14.7. The van der Waals surface area contributed by atoms with E-state index in [4.69, 9.17) is 11.6 Å². The fourth-order valence-corrected chi connectivity index (χ4v) is 1.97. The Balaban J connectivity index is 2.12. The molecule has 8 heteroatoms. The highest BCUT2D eigenvalue weighted by Crippen LogP contribution is 2.23. The van der Waals surface area contributed by atoms with E-state index in [-0.39, 0.29) is 24.0 Å². The standard InChI is InChI=1S/C12H15ClN4O3/c1-7(18)14-4-2-9(19)11(20)8-6-15-17-5-3-10(13)16-12(8)17/h3,5-6,9,11,19-20H,2,4H2,1H3,(H,14,18). The molecule has 0 bridgehead atoms. The van der Waals surface area contributed by atoms with Crippen molar-refractivity contribution < 1.29 is 15.0 Å². The molecule has 0 aliphatic heterocycles. The van der Waals surface area contributed by atoms with E-state index in [1.165, 1.54) is 17.6 Å². The van der Waals surface area contributed by atoms with Gasteiger partial charge in [0.2, 0.25) is 5.91 Å². The fraction of sp³-hybridized carbons (Fsp3) is 0.417. The number of rotatable bonds is 5. The maximum Gasteiger partial charge on any atom is 0.216 e.